The third kappa shape index (κ3) is 64.0. The number of hydrogen-bond acceptors (Lipinski definition) is 7. The molecule has 0 aliphatic carbocycles. The fraction of sp³-hybridized carbons (Fsp3) is 0.767. The molecule has 0 aromatic carbocycles. The zero-order valence-corrected chi connectivity index (χ0v) is 54.1. The van der Waals surface area contributed by atoms with E-state index in [-0.39, 0.29) is 32.2 Å². The molecule has 0 aliphatic heterocycles. The molecule has 474 valence electrons. The Morgan fingerprint density at radius 2 is 0.695 bits per heavy atom. The van der Waals surface area contributed by atoms with Crippen LogP contribution in [-0.4, -0.2) is 87.4 Å². The molecule has 2 atom stereocenters. The Morgan fingerprint density at radius 3 is 1.04 bits per heavy atom. The van der Waals surface area contributed by atoms with E-state index in [4.69, 9.17) is 18.9 Å². The predicted octanol–water partition coefficient (Wildman–Crippen LogP) is 21.1. The number of nitrogens with zero attached hydrogens (tertiary/aromatic N) is 1. The molecule has 2 unspecified atom stereocenters. The lowest BCUT2D eigenvalue weighted by Crippen LogP contribution is -2.40. The Kier molecular flexibility index (Phi) is 60.8. The summed E-state index contributed by atoms with van der Waals surface area (Å²) in [7, 11) is 5.96. The number of hydrogen-bond donors (Lipinski definition) is 1. The second kappa shape index (κ2) is 63.5. The van der Waals surface area contributed by atoms with Gasteiger partial charge in [0.1, 0.15) is 13.2 Å². The van der Waals surface area contributed by atoms with Gasteiger partial charge in [-0.1, -0.05) is 304 Å². The van der Waals surface area contributed by atoms with Crippen LogP contribution in [0.4, 0.5) is 0 Å². The molecule has 0 aromatic heterocycles. The topological polar surface area (TPSA) is 108 Å². The molecule has 0 heterocycles. The largest absolute Gasteiger partial charge is 0.477 e. The minimum Gasteiger partial charge on any atom is -0.477 e. The summed E-state index contributed by atoms with van der Waals surface area (Å²) in [6.45, 7) is 4.76. The van der Waals surface area contributed by atoms with Gasteiger partial charge in [-0.3, -0.25) is 9.59 Å². The number of quaternary nitrogens is 1. The number of unbranched alkanes of at least 4 members (excludes halogenated alkanes) is 34. The van der Waals surface area contributed by atoms with E-state index in [1.165, 1.54) is 186 Å². The molecule has 0 rings (SSSR count). The van der Waals surface area contributed by atoms with Crippen LogP contribution in [0.25, 0.3) is 0 Å². The number of allylic oxidation sites excluding steroid dienone is 14. The number of esters is 2. The first-order chi connectivity index (χ1) is 40.1. The fourth-order valence-electron chi connectivity index (χ4n) is 9.70. The van der Waals surface area contributed by atoms with Gasteiger partial charge in [0.2, 0.25) is 0 Å². The standard InChI is InChI=1S/C73H129NO8/c1-6-8-10-12-14-16-18-20-22-24-26-28-30-32-33-34-35-36-37-38-40-41-43-45-47-49-51-53-55-57-59-61-63-70(75)80-67-69(68-81-73(72(77)78)79-66-65-74(3,4)5)82-71(76)64-62-60-58-56-54-52-50-48-46-44-42-39-31-29-27-25-23-21-19-17-15-13-11-9-7-2/h9,11,15,17,21,23,27,29,39,42,46,48,52,54,69,73H,6-8,10,12-14,16,18-20,22,24-26,28,30-38,40-41,43-45,47,49-51,53,55-68H2,1-5H3/p+1/b11-9-,17-15-,23-21-,29-27-,42-39-,48-46-,54-52-. The third-order valence-electron chi connectivity index (χ3n) is 14.9. The highest BCUT2D eigenvalue weighted by molar-refractivity contribution is 5.71. The Hall–Kier alpha value is -3.53. The van der Waals surface area contributed by atoms with Gasteiger partial charge in [-0.2, -0.15) is 0 Å². The molecule has 9 heteroatoms. The predicted molar refractivity (Wildman–Crippen MR) is 350 cm³/mol. The lowest BCUT2D eigenvalue weighted by Gasteiger charge is -2.25. The Bertz CT molecular complexity index is 1620. The fourth-order valence-corrected chi connectivity index (χ4v) is 9.70. The van der Waals surface area contributed by atoms with E-state index in [9.17, 15) is 19.5 Å². The van der Waals surface area contributed by atoms with Gasteiger partial charge in [0.25, 0.3) is 6.29 Å². The van der Waals surface area contributed by atoms with Crippen molar-refractivity contribution in [3.05, 3.63) is 85.1 Å². The molecule has 82 heavy (non-hydrogen) atoms. The number of likely N-dealkylation sites (N-methyl/N-ethyl adjacent to an activating group) is 1. The van der Waals surface area contributed by atoms with E-state index in [0.29, 0.717) is 23.9 Å². The summed E-state index contributed by atoms with van der Waals surface area (Å²) in [6, 6.07) is 0. The number of aliphatic carboxylic acids is 1. The molecule has 0 aromatic rings. The van der Waals surface area contributed by atoms with Crippen LogP contribution in [0.5, 0.6) is 0 Å². The van der Waals surface area contributed by atoms with Gasteiger partial charge >= 0.3 is 17.9 Å². The van der Waals surface area contributed by atoms with Gasteiger partial charge in [0, 0.05) is 12.8 Å². The Morgan fingerprint density at radius 1 is 0.378 bits per heavy atom. The SMILES string of the molecule is CC/C=C\C/C=C\C/C=C\C/C=C\C/C=C\C/C=C\C/C=C\CCCCCC(=O)OC(COC(=O)CCCCCCCCCCCCCCCCCCCCCCCCCCCCCCCCCC)COC(OCC[N+](C)(C)C)C(=O)O. The third-order valence-corrected chi connectivity index (χ3v) is 14.9. The van der Waals surface area contributed by atoms with E-state index >= 15 is 0 Å². The second-order valence-electron chi connectivity index (χ2n) is 24.1. The van der Waals surface area contributed by atoms with E-state index in [1.807, 2.05) is 21.1 Å². The van der Waals surface area contributed by atoms with Crippen molar-refractivity contribution < 1.29 is 42.9 Å². The van der Waals surface area contributed by atoms with E-state index in [1.54, 1.807) is 0 Å². The normalized spacial score (nSPS) is 13.2. The lowest BCUT2D eigenvalue weighted by atomic mass is 10.0. The number of carbonyl (C=O) groups is 3. The minimum atomic E-state index is -1.52. The van der Waals surface area contributed by atoms with Gasteiger partial charge in [0.15, 0.2) is 6.10 Å². The first-order valence-electron chi connectivity index (χ1n) is 34.3. The number of carboxylic acid groups (broad SMARTS) is 1. The molecule has 1 N–H and O–H groups in total. The Labute approximate surface area is 506 Å². The van der Waals surface area contributed by atoms with Crippen LogP contribution in [0.2, 0.25) is 0 Å². The quantitative estimate of drug-likeness (QED) is 0.0211. The molecular formula is C73H130NO8+. The summed E-state index contributed by atoms with van der Waals surface area (Å²) in [5, 5.41) is 9.73. The minimum absolute atomic E-state index is 0.178. The number of ether oxygens (including phenoxy) is 4. The maximum absolute atomic E-state index is 12.9. The summed E-state index contributed by atoms with van der Waals surface area (Å²) >= 11 is 0. The van der Waals surface area contributed by atoms with Gasteiger partial charge in [-0.15, -0.1) is 0 Å². The summed E-state index contributed by atoms with van der Waals surface area (Å²) in [6.07, 6.45) is 82.8. The lowest BCUT2D eigenvalue weighted by molar-refractivity contribution is -0.870. The molecule has 0 amide bonds. The molecule has 0 spiro atoms. The summed E-state index contributed by atoms with van der Waals surface area (Å²) in [5.41, 5.74) is 0. The molecule has 9 nitrogen and oxygen atoms in total. The van der Waals surface area contributed by atoms with Gasteiger partial charge in [-0.25, -0.2) is 4.79 Å². The Balaban J connectivity index is 4.15. The van der Waals surface area contributed by atoms with Crippen LogP contribution in [-0.2, 0) is 33.3 Å². The first kappa shape index (κ1) is 78.5. The van der Waals surface area contributed by atoms with Crippen molar-refractivity contribution in [1.29, 1.82) is 0 Å². The van der Waals surface area contributed by atoms with Crippen molar-refractivity contribution >= 4 is 17.9 Å². The maximum atomic E-state index is 12.9. The second-order valence-corrected chi connectivity index (χ2v) is 24.1. The zero-order chi connectivity index (χ0) is 59.8. The van der Waals surface area contributed by atoms with Crippen molar-refractivity contribution in [2.45, 2.75) is 315 Å². The van der Waals surface area contributed by atoms with Crippen LogP contribution >= 0.6 is 0 Å². The van der Waals surface area contributed by atoms with Crippen molar-refractivity contribution in [3.63, 3.8) is 0 Å². The molecule has 0 bridgehead atoms. The highest BCUT2D eigenvalue weighted by Gasteiger charge is 2.25. The van der Waals surface area contributed by atoms with Crippen LogP contribution in [0.1, 0.15) is 303 Å². The van der Waals surface area contributed by atoms with Crippen molar-refractivity contribution in [3.8, 4) is 0 Å². The number of carboxylic acids is 1. The van der Waals surface area contributed by atoms with Crippen molar-refractivity contribution in [1.82, 2.24) is 0 Å². The van der Waals surface area contributed by atoms with Crippen LogP contribution in [0, 0.1) is 0 Å². The highest BCUT2D eigenvalue weighted by Crippen LogP contribution is 2.18. The molecule has 0 fully saturated rings. The highest BCUT2D eigenvalue weighted by atomic mass is 16.7. The monoisotopic (exact) mass is 1150 g/mol. The smallest absolute Gasteiger partial charge is 0.361 e. The number of carbonyl (C=O) groups excluding carboxylic acids is 2. The summed E-state index contributed by atoms with van der Waals surface area (Å²) in [4.78, 5) is 37.6. The van der Waals surface area contributed by atoms with Crippen molar-refractivity contribution in [2.24, 2.45) is 0 Å². The molecule has 0 saturated carbocycles. The maximum Gasteiger partial charge on any atom is 0.361 e. The zero-order valence-electron chi connectivity index (χ0n) is 54.1. The van der Waals surface area contributed by atoms with E-state index < -0.39 is 24.3 Å². The van der Waals surface area contributed by atoms with Gasteiger partial charge < -0.3 is 28.5 Å². The molecular weight excluding hydrogens is 1020 g/mol. The number of rotatable bonds is 63. The molecule has 0 aliphatic rings. The van der Waals surface area contributed by atoms with E-state index in [0.717, 1.165) is 83.5 Å². The molecule has 0 saturated heterocycles. The van der Waals surface area contributed by atoms with Gasteiger partial charge in [-0.05, 0) is 70.6 Å². The average Bonchev–Trinajstić information content (AvgIpc) is 3.45. The molecule has 0 radical (unpaired) electrons. The van der Waals surface area contributed by atoms with Crippen LogP contribution in [0.15, 0.2) is 85.1 Å². The van der Waals surface area contributed by atoms with Crippen molar-refractivity contribution in [2.75, 3.05) is 47.5 Å². The van der Waals surface area contributed by atoms with Crippen LogP contribution in [0.3, 0.4) is 0 Å². The van der Waals surface area contributed by atoms with Gasteiger partial charge in [0.05, 0.1) is 34.4 Å². The first-order valence-corrected chi connectivity index (χ1v) is 34.3. The van der Waals surface area contributed by atoms with E-state index in [2.05, 4.69) is 98.9 Å². The summed E-state index contributed by atoms with van der Waals surface area (Å²) < 4.78 is 22.9. The average molecular weight is 1150 g/mol. The summed E-state index contributed by atoms with van der Waals surface area (Å²) in [5.74, 6) is -2.04. The van der Waals surface area contributed by atoms with Crippen LogP contribution < -0.4 is 0 Å².